The Morgan fingerprint density at radius 1 is 1.11 bits per heavy atom. The van der Waals surface area contributed by atoms with E-state index in [4.69, 9.17) is 0 Å². The molecular formula is C24H22F5N7O2. The zero-order chi connectivity index (χ0) is 27.0. The molecule has 0 radical (unpaired) electrons. The van der Waals surface area contributed by atoms with Crippen molar-refractivity contribution in [1.82, 2.24) is 35.4 Å². The average Bonchev–Trinajstić information content (AvgIpc) is 3.48. The van der Waals surface area contributed by atoms with E-state index in [1.54, 1.807) is 6.07 Å². The molecule has 1 aromatic carbocycles. The second-order valence-electron chi connectivity index (χ2n) is 9.24. The first-order chi connectivity index (χ1) is 18.2. The Kier molecular flexibility index (Phi) is 7.04. The van der Waals surface area contributed by atoms with Crippen LogP contribution in [0, 0.1) is 11.8 Å². The first-order valence-electron chi connectivity index (χ1n) is 11.9. The Morgan fingerprint density at radius 3 is 2.55 bits per heavy atom. The van der Waals surface area contributed by atoms with Crippen LogP contribution in [0.25, 0.3) is 0 Å². The number of aromatic nitrogens is 5. The van der Waals surface area contributed by atoms with Crippen LogP contribution in [0.1, 0.15) is 60.3 Å². The predicted octanol–water partition coefficient (Wildman–Crippen LogP) is 3.01. The van der Waals surface area contributed by atoms with Gasteiger partial charge >= 0.3 is 0 Å². The van der Waals surface area contributed by atoms with Crippen LogP contribution in [0.4, 0.5) is 22.0 Å². The molecular weight excluding hydrogens is 513 g/mol. The van der Waals surface area contributed by atoms with E-state index in [2.05, 4.69) is 25.8 Å². The normalized spacial score (nSPS) is 20.1. The SMILES string of the molecule is O=C(NC(c1ccc(C2CC2)c(F)n1)c1ccccc1F)C1CC(F)CN1C(=O)Cn1nnnc1C(F)F. The minimum Gasteiger partial charge on any atom is -0.342 e. The van der Waals surface area contributed by atoms with E-state index in [1.807, 2.05) is 0 Å². The van der Waals surface area contributed by atoms with Crippen LogP contribution in [0.15, 0.2) is 36.4 Å². The van der Waals surface area contributed by atoms with E-state index in [0.29, 0.717) is 10.2 Å². The molecule has 0 bridgehead atoms. The minimum atomic E-state index is -3.05. The molecule has 38 heavy (non-hydrogen) atoms. The molecule has 3 unspecified atom stereocenters. The number of carbonyl (C=O) groups excluding carboxylic acids is 2. The lowest BCUT2D eigenvalue weighted by Gasteiger charge is -2.27. The smallest absolute Gasteiger partial charge is 0.298 e. The van der Waals surface area contributed by atoms with Gasteiger partial charge in [-0.15, -0.1) is 5.10 Å². The van der Waals surface area contributed by atoms with Crippen LogP contribution >= 0.6 is 0 Å². The summed E-state index contributed by atoms with van der Waals surface area (Å²) in [7, 11) is 0. The Labute approximate surface area is 213 Å². The van der Waals surface area contributed by atoms with Gasteiger partial charge in [0.25, 0.3) is 6.43 Å². The van der Waals surface area contributed by atoms with Gasteiger partial charge in [0.15, 0.2) is 0 Å². The summed E-state index contributed by atoms with van der Waals surface area (Å²) in [5, 5.41) is 12.2. The van der Waals surface area contributed by atoms with Crippen LogP contribution in [-0.4, -0.2) is 60.7 Å². The summed E-state index contributed by atoms with van der Waals surface area (Å²) in [6.45, 7) is -1.20. The summed E-state index contributed by atoms with van der Waals surface area (Å²) < 4.78 is 70.7. The topological polar surface area (TPSA) is 106 Å². The molecule has 2 amide bonds. The standard InChI is InChI=1S/C24H22F5N7O2/c25-13-9-18(35(10-13)19(37)11-36-23(21(27)28)32-33-34-36)24(38)31-20(15-3-1-2-4-16(15)26)17-8-7-14(12-5-6-12)22(29)30-17/h1-4,7-8,12-13,18,20-21H,5-6,9-11H2,(H,31,38). The summed E-state index contributed by atoms with van der Waals surface area (Å²) in [6.07, 6.45) is -3.32. The number of nitrogens with one attached hydrogen (secondary N) is 1. The fraction of sp³-hybridized carbons (Fsp3) is 0.417. The molecule has 1 saturated carbocycles. The van der Waals surface area contributed by atoms with Crippen molar-refractivity contribution in [2.45, 2.75) is 56.4 Å². The number of halogens is 5. The second-order valence-corrected chi connectivity index (χ2v) is 9.24. The molecule has 1 aliphatic heterocycles. The number of amides is 2. The van der Waals surface area contributed by atoms with Gasteiger partial charge < -0.3 is 10.2 Å². The van der Waals surface area contributed by atoms with Gasteiger partial charge in [0, 0.05) is 17.5 Å². The van der Waals surface area contributed by atoms with Crippen molar-refractivity contribution < 1.29 is 31.5 Å². The quantitative estimate of drug-likeness (QED) is 0.351. The summed E-state index contributed by atoms with van der Waals surface area (Å²) in [6, 6.07) is 5.99. The zero-order valence-corrected chi connectivity index (χ0v) is 19.8. The molecule has 5 rings (SSSR count). The molecule has 200 valence electrons. The van der Waals surface area contributed by atoms with Crippen LogP contribution < -0.4 is 5.32 Å². The number of hydrogen-bond acceptors (Lipinski definition) is 6. The van der Waals surface area contributed by atoms with Crippen molar-refractivity contribution in [3.8, 4) is 0 Å². The van der Waals surface area contributed by atoms with Gasteiger partial charge in [-0.3, -0.25) is 9.59 Å². The van der Waals surface area contributed by atoms with E-state index in [9.17, 15) is 31.5 Å². The van der Waals surface area contributed by atoms with Crippen molar-refractivity contribution >= 4 is 11.8 Å². The minimum absolute atomic E-state index is 0.00476. The Balaban J connectivity index is 1.40. The monoisotopic (exact) mass is 535 g/mol. The maximum Gasteiger partial charge on any atom is 0.298 e. The van der Waals surface area contributed by atoms with Gasteiger partial charge in [0.05, 0.1) is 18.3 Å². The molecule has 1 aliphatic carbocycles. The van der Waals surface area contributed by atoms with Gasteiger partial charge in [-0.2, -0.15) is 4.39 Å². The van der Waals surface area contributed by atoms with Gasteiger partial charge in [0.1, 0.15) is 24.6 Å². The molecule has 2 aromatic heterocycles. The lowest BCUT2D eigenvalue weighted by atomic mass is 10.0. The molecule has 0 spiro atoms. The van der Waals surface area contributed by atoms with Crippen molar-refractivity contribution in [3.63, 3.8) is 0 Å². The van der Waals surface area contributed by atoms with E-state index in [1.165, 1.54) is 30.3 Å². The highest BCUT2D eigenvalue weighted by molar-refractivity contribution is 5.88. The number of rotatable bonds is 8. The third-order valence-corrected chi connectivity index (χ3v) is 6.63. The Morgan fingerprint density at radius 2 is 1.87 bits per heavy atom. The Bertz CT molecular complexity index is 1350. The molecule has 3 heterocycles. The molecule has 1 saturated heterocycles. The molecule has 3 aromatic rings. The van der Waals surface area contributed by atoms with Gasteiger partial charge in [-0.05, 0) is 41.3 Å². The van der Waals surface area contributed by atoms with Crippen LogP contribution in [0.2, 0.25) is 0 Å². The number of hydrogen-bond donors (Lipinski definition) is 1. The molecule has 9 nitrogen and oxygen atoms in total. The van der Waals surface area contributed by atoms with Gasteiger partial charge in [0.2, 0.25) is 23.6 Å². The third kappa shape index (κ3) is 5.20. The van der Waals surface area contributed by atoms with Gasteiger partial charge in [-0.25, -0.2) is 27.2 Å². The molecule has 2 aliphatic rings. The molecule has 14 heteroatoms. The maximum atomic E-state index is 14.8. The van der Waals surface area contributed by atoms with E-state index < -0.39 is 67.2 Å². The number of alkyl halides is 3. The Hall–Kier alpha value is -3.97. The van der Waals surface area contributed by atoms with Crippen molar-refractivity contribution in [3.05, 3.63) is 70.8 Å². The lowest BCUT2D eigenvalue weighted by Crippen LogP contribution is -2.48. The van der Waals surface area contributed by atoms with E-state index in [0.717, 1.165) is 17.7 Å². The van der Waals surface area contributed by atoms with Crippen LogP contribution in [0.5, 0.6) is 0 Å². The summed E-state index contributed by atoms with van der Waals surface area (Å²) in [4.78, 5) is 31.1. The van der Waals surface area contributed by atoms with Gasteiger partial charge in [-0.1, -0.05) is 24.3 Å². The summed E-state index contributed by atoms with van der Waals surface area (Å²) in [5.74, 6) is -3.89. The van der Waals surface area contributed by atoms with E-state index >= 15 is 0 Å². The highest BCUT2D eigenvalue weighted by Crippen LogP contribution is 2.41. The fourth-order valence-electron chi connectivity index (χ4n) is 4.59. The number of nitrogens with zero attached hydrogens (tertiary/aromatic N) is 6. The molecule has 3 atom stereocenters. The summed E-state index contributed by atoms with van der Waals surface area (Å²) in [5.41, 5.74) is 0.453. The highest BCUT2D eigenvalue weighted by Gasteiger charge is 2.41. The highest BCUT2D eigenvalue weighted by atomic mass is 19.3. The number of likely N-dealkylation sites (tertiary alicyclic amines) is 1. The van der Waals surface area contributed by atoms with Crippen molar-refractivity contribution in [2.24, 2.45) is 0 Å². The number of benzene rings is 1. The predicted molar refractivity (Wildman–Crippen MR) is 120 cm³/mol. The fourth-order valence-corrected chi connectivity index (χ4v) is 4.59. The average molecular weight is 535 g/mol. The second kappa shape index (κ2) is 10.4. The lowest BCUT2D eigenvalue weighted by molar-refractivity contribution is -0.139. The van der Waals surface area contributed by atoms with Crippen LogP contribution in [0.3, 0.4) is 0 Å². The largest absolute Gasteiger partial charge is 0.342 e. The first-order valence-corrected chi connectivity index (χ1v) is 11.9. The van der Waals surface area contributed by atoms with E-state index in [-0.39, 0.29) is 23.6 Å². The number of tetrazole rings is 1. The zero-order valence-electron chi connectivity index (χ0n) is 19.8. The summed E-state index contributed by atoms with van der Waals surface area (Å²) >= 11 is 0. The molecule has 2 fully saturated rings. The molecule has 1 N–H and O–H groups in total. The maximum absolute atomic E-state index is 14.8. The number of pyridine rings is 1. The third-order valence-electron chi connectivity index (χ3n) is 6.63. The van der Waals surface area contributed by atoms with Crippen LogP contribution in [-0.2, 0) is 16.1 Å². The van der Waals surface area contributed by atoms with Crippen molar-refractivity contribution in [2.75, 3.05) is 6.54 Å². The first kappa shape index (κ1) is 25.7. The number of carbonyl (C=O) groups is 2. The van der Waals surface area contributed by atoms with Crippen molar-refractivity contribution in [1.29, 1.82) is 0 Å².